The van der Waals surface area contributed by atoms with E-state index in [1.54, 1.807) is 12.1 Å². The summed E-state index contributed by atoms with van der Waals surface area (Å²) in [6.07, 6.45) is 1.37. The van der Waals surface area contributed by atoms with Gasteiger partial charge >= 0.3 is 0 Å². The molecule has 14 heavy (non-hydrogen) atoms. The Hall–Kier alpha value is -1.29. The highest BCUT2D eigenvalue weighted by molar-refractivity contribution is 7.91. The van der Waals surface area contributed by atoms with E-state index in [2.05, 4.69) is 6.58 Å². The largest absolute Gasteiger partial charge is 0.497 e. The zero-order valence-electron chi connectivity index (χ0n) is 7.93. The summed E-state index contributed by atoms with van der Waals surface area (Å²) in [6, 6.07) is 6.29. The van der Waals surface area contributed by atoms with E-state index in [-0.39, 0.29) is 5.75 Å². The van der Waals surface area contributed by atoms with Crippen LogP contribution in [0.4, 0.5) is 0 Å². The lowest BCUT2D eigenvalue weighted by Gasteiger charge is -2.02. The molecule has 1 rings (SSSR count). The lowest BCUT2D eigenvalue weighted by molar-refractivity contribution is 0.414. The molecule has 0 amide bonds. The maximum absolute atomic E-state index is 11.5. The number of rotatable bonds is 4. The number of benzene rings is 1. The van der Waals surface area contributed by atoms with Crippen LogP contribution in [0.15, 0.2) is 41.8 Å². The van der Waals surface area contributed by atoms with Crippen molar-refractivity contribution in [3.8, 4) is 5.75 Å². The summed E-state index contributed by atoms with van der Waals surface area (Å²) in [6.45, 7) is 3.40. The molecular weight excluding hydrogens is 200 g/mol. The average Bonchev–Trinajstić information content (AvgIpc) is 2.18. The van der Waals surface area contributed by atoms with Crippen LogP contribution >= 0.6 is 0 Å². The topological polar surface area (TPSA) is 43.4 Å². The van der Waals surface area contributed by atoms with Crippen molar-refractivity contribution in [2.24, 2.45) is 0 Å². The van der Waals surface area contributed by atoms with Gasteiger partial charge in [-0.25, -0.2) is 8.42 Å². The van der Waals surface area contributed by atoms with Gasteiger partial charge in [-0.15, -0.1) is 6.58 Å². The molecule has 4 heteroatoms. The predicted octanol–water partition coefficient (Wildman–Crippen LogP) is 1.65. The molecule has 0 atom stereocenters. The lowest BCUT2D eigenvalue weighted by Crippen LogP contribution is -2.03. The van der Waals surface area contributed by atoms with Crippen LogP contribution in [0.2, 0.25) is 0 Å². The first-order chi connectivity index (χ1) is 6.60. The third-order valence-corrected chi connectivity index (χ3v) is 3.42. The lowest BCUT2D eigenvalue weighted by atomic mass is 10.3. The number of ether oxygens (including phenoxy) is 1. The Morgan fingerprint density at radius 1 is 1.36 bits per heavy atom. The van der Waals surface area contributed by atoms with Gasteiger partial charge in [0.15, 0.2) is 9.84 Å². The Morgan fingerprint density at radius 3 is 2.36 bits per heavy atom. The van der Waals surface area contributed by atoms with Gasteiger partial charge in [0.05, 0.1) is 17.8 Å². The third-order valence-electron chi connectivity index (χ3n) is 1.76. The van der Waals surface area contributed by atoms with Crippen LogP contribution < -0.4 is 4.74 Å². The van der Waals surface area contributed by atoms with Crippen LogP contribution in [0.25, 0.3) is 0 Å². The van der Waals surface area contributed by atoms with Gasteiger partial charge in [-0.2, -0.15) is 0 Å². The zero-order valence-corrected chi connectivity index (χ0v) is 8.75. The van der Waals surface area contributed by atoms with Crippen LogP contribution in [-0.4, -0.2) is 21.3 Å². The van der Waals surface area contributed by atoms with Crippen molar-refractivity contribution in [1.82, 2.24) is 0 Å². The molecule has 0 aliphatic carbocycles. The molecule has 0 aliphatic heterocycles. The first-order valence-electron chi connectivity index (χ1n) is 4.08. The Morgan fingerprint density at radius 2 is 1.93 bits per heavy atom. The molecule has 0 aliphatic rings. The van der Waals surface area contributed by atoms with Crippen LogP contribution in [0.3, 0.4) is 0 Å². The maximum atomic E-state index is 11.5. The molecule has 3 nitrogen and oxygen atoms in total. The van der Waals surface area contributed by atoms with Crippen molar-refractivity contribution in [3.63, 3.8) is 0 Å². The van der Waals surface area contributed by atoms with Gasteiger partial charge < -0.3 is 4.74 Å². The normalized spacial score (nSPS) is 10.9. The predicted molar refractivity (Wildman–Crippen MR) is 55.2 cm³/mol. The van der Waals surface area contributed by atoms with E-state index in [9.17, 15) is 8.42 Å². The minimum absolute atomic E-state index is 0.0423. The van der Waals surface area contributed by atoms with Gasteiger partial charge in [0, 0.05) is 0 Å². The fourth-order valence-corrected chi connectivity index (χ4v) is 2.09. The summed E-state index contributed by atoms with van der Waals surface area (Å²) in [4.78, 5) is 0.290. The van der Waals surface area contributed by atoms with E-state index in [4.69, 9.17) is 4.74 Å². The highest BCUT2D eigenvalue weighted by atomic mass is 32.2. The van der Waals surface area contributed by atoms with E-state index in [1.165, 1.54) is 25.3 Å². The fourth-order valence-electron chi connectivity index (χ4n) is 1.03. The Bertz CT molecular complexity index is 403. The smallest absolute Gasteiger partial charge is 0.181 e. The quantitative estimate of drug-likeness (QED) is 0.713. The minimum atomic E-state index is -3.21. The molecule has 0 unspecified atom stereocenters. The number of hydrogen-bond donors (Lipinski definition) is 0. The second-order valence-corrected chi connectivity index (χ2v) is 4.78. The van der Waals surface area contributed by atoms with Crippen LogP contribution in [0, 0.1) is 0 Å². The first-order valence-corrected chi connectivity index (χ1v) is 5.73. The molecule has 0 N–H and O–H groups in total. The molecule has 0 spiro atoms. The number of sulfone groups is 1. The van der Waals surface area contributed by atoms with E-state index in [0.717, 1.165) is 0 Å². The van der Waals surface area contributed by atoms with E-state index >= 15 is 0 Å². The summed E-state index contributed by atoms with van der Waals surface area (Å²) in [5.74, 6) is 0.599. The van der Waals surface area contributed by atoms with E-state index in [1.807, 2.05) is 0 Å². The second kappa shape index (κ2) is 4.28. The van der Waals surface area contributed by atoms with Gasteiger partial charge in [0.25, 0.3) is 0 Å². The van der Waals surface area contributed by atoms with Crippen molar-refractivity contribution < 1.29 is 13.2 Å². The molecule has 1 aromatic carbocycles. The van der Waals surface area contributed by atoms with Crippen LogP contribution in [0.5, 0.6) is 5.75 Å². The average molecular weight is 212 g/mol. The summed E-state index contributed by atoms with van der Waals surface area (Å²) >= 11 is 0. The standard InChI is InChI=1S/C10H12O3S/c1-3-8-14(11,12)10-6-4-9(13-2)5-7-10/h3-7H,1,8H2,2H3. The minimum Gasteiger partial charge on any atom is -0.497 e. The SMILES string of the molecule is C=CCS(=O)(=O)c1ccc(OC)cc1. The molecule has 0 saturated heterocycles. The molecule has 0 saturated carbocycles. The number of hydrogen-bond acceptors (Lipinski definition) is 3. The monoisotopic (exact) mass is 212 g/mol. The third kappa shape index (κ3) is 2.35. The highest BCUT2D eigenvalue weighted by Crippen LogP contribution is 2.16. The molecular formula is C10H12O3S. The van der Waals surface area contributed by atoms with Gasteiger partial charge in [-0.1, -0.05) is 6.08 Å². The Labute approximate surface area is 83.9 Å². The first kappa shape index (κ1) is 10.8. The van der Waals surface area contributed by atoms with Gasteiger partial charge in [0.2, 0.25) is 0 Å². The summed E-state index contributed by atoms with van der Waals surface area (Å²) in [5, 5.41) is 0. The van der Waals surface area contributed by atoms with Crippen LogP contribution in [0.1, 0.15) is 0 Å². The zero-order chi connectivity index (χ0) is 10.6. The molecule has 0 bridgehead atoms. The molecule has 0 fully saturated rings. The van der Waals surface area contributed by atoms with E-state index < -0.39 is 9.84 Å². The van der Waals surface area contributed by atoms with Crippen molar-refractivity contribution in [3.05, 3.63) is 36.9 Å². The molecule has 0 aromatic heterocycles. The Kier molecular flexibility index (Phi) is 3.30. The van der Waals surface area contributed by atoms with Gasteiger partial charge in [-0.05, 0) is 24.3 Å². The number of methoxy groups -OCH3 is 1. The Balaban J connectivity index is 3.03. The second-order valence-electron chi connectivity index (χ2n) is 2.75. The summed E-state index contributed by atoms with van der Waals surface area (Å²) in [5.41, 5.74) is 0. The maximum Gasteiger partial charge on any atom is 0.181 e. The molecule has 76 valence electrons. The van der Waals surface area contributed by atoms with Crippen LogP contribution in [-0.2, 0) is 9.84 Å². The molecule has 0 radical (unpaired) electrons. The van der Waals surface area contributed by atoms with Gasteiger partial charge in [0.1, 0.15) is 5.75 Å². The summed E-state index contributed by atoms with van der Waals surface area (Å²) < 4.78 is 28.0. The fraction of sp³-hybridized carbons (Fsp3) is 0.200. The van der Waals surface area contributed by atoms with Crippen molar-refractivity contribution in [2.75, 3.05) is 12.9 Å². The van der Waals surface area contributed by atoms with Crippen molar-refractivity contribution in [1.29, 1.82) is 0 Å². The summed E-state index contributed by atoms with van der Waals surface area (Å²) in [7, 11) is -1.67. The van der Waals surface area contributed by atoms with E-state index in [0.29, 0.717) is 10.6 Å². The van der Waals surface area contributed by atoms with Gasteiger partial charge in [-0.3, -0.25) is 0 Å². The molecule has 1 aromatic rings. The molecule has 0 heterocycles. The van der Waals surface area contributed by atoms with Crippen molar-refractivity contribution in [2.45, 2.75) is 4.90 Å². The van der Waals surface area contributed by atoms with Crippen molar-refractivity contribution >= 4 is 9.84 Å². The highest BCUT2D eigenvalue weighted by Gasteiger charge is 2.11.